The van der Waals surface area contributed by atoms with Crippen LogP contribution in [0.5, 0.6) is 0 Å². The van der Waals surface area contributed by atoms with Crippen LogP contribution in [0.15, 0.2) is 18.3 Å². The van der Waals surface area contributed by atoms with Crippen LogP contribution in [0.25, 0.3) is 0 Å². The van der Waals surface area contributed by atoms with E-state index in [2.05, 4.69) is 20.9 Å². The highest BCUT2D eigenvalue weighted by Gasteiger charge is 2.30. The first-order chi connectivity index (χ1) is 7.43. The summed E-state index contributed by atoms with van der Waals surface area (Å²) in [5.74, 6) is 0. The van der Waals surface area contributed by atoms with Gasteiger partial charge in [0.25, 0.3) is 0 Å². The highest BCUT2D eigenvalue weighted by atomic mass is 79.9. The van der Waals surface area contributed by atoms with Crippen molar-refractivity contribution in [2.75, 3.05) is 13.7 Å². The van der Waals surface area contributed by atoms with E-state index in [9.17, 15) is 13.2 Å². The largest absolute Gasteiger partial charge is 0.417 e. The third-order valence-electron chi connectivity index (χ3n) is 1.93. The van der Waals surface area contributed by atoms with Gasteiger partial charge >= 0.3 is 6.18 Å². The van der Waals surface area contributed by atoms with Gasteiger partial charge in [-0.05, 0) is 12.1 Å². The number of hydrogen-bond donors (Lipinski definition) is 0. The van der Waals surface area contributed by atoms with Gasteiger partial charge in [-0.25, -0.2) is 0 Å². The number of rotatable bonds is 4. The molecule has 1 aromatic heterocycles. The number of halogens is 4. The average Bonchev–Trinajstić information content (AvgIpc) is 2.17. The predicted octanol–water partition coefficient (Wildman–Crippen LogP) is 3.05. The third-order valence-corrected chi connectivity index (χ3v) is 2.52. The molecule has 0 aliphatic carbocycles. The molecule has 6 heteroatoms. The number of nitrogens with zero attached hydrogens (tertiary/aromatic N) is 1. The van der Waals surface area contributed by atoms with Crippen LogP contribution >= 0.6 is 15.9 Å². The van der Waals surface area contributed by atoms with E-state index in [1.165, 1.54) is 6.07 Å². The zero-order valence-electron chi connectivity index (χ0n) is 8.59. The lowest BCUT2D eigenvalue weighted by Crippen LogP contribution is -2.12. The lowest BCUT2D eigenvalue weighted by molar-refractivity contribution is -0.137. The fraction of sp³-hybridized carbons (Fsp3) is 0.500. The summed E-state index contributed by atoms with van der Waals surface area (Å²) in [5, 5.41) is 0. The molecule has 0 saturated heterocycles. The first-order valence-corrected chi connectivity index (χ1v) is 5.50. The quantitative estimate of drug-likeness (QED) is 0.797. The van der Waals surface area contributed by atoms with Crippen molar-refractivity contribution in [1.82, 2.24) is 4.98 Å². The van der Waals surface area contributed by atoms with Gasteiger partial charge in [0.1, 0.15) is 0 Å². The molecule has 0 N–H and O–H groups in total. The van der Waals surface area contributed by atoms with Gasteiger partial charge in [0.2, 0.25) is 0 Å². The van der Waals surface area contributed by atoms with E-state index in [1.807, 2.05) is 0 Å². The van der Waals surface area contributed by atoms with Crippen LogP contribution in [0, 0.1) is 0 Å². The van der Waals surface area contributed by atoms with Gasteiger partial charge < -0.3 is 4.74 Å². The summed E-state index contributed by atoms with van der Waals surface area (Å²) in [6.07, 6.45) is -2.94. The maximum absolute atomic E-state index is 12.2. The Balaban J connectivity index is 2.65. The molecule has 1 unspecified atom stereocenters. The van der Waals surface area contributed by atoms with E-state index in [1.54, 1.807) is 7.11 Å². The smallest absolute Gasteiger partial charge is 0.384 e. The zero-order valence-corrected chi connectivity index (χ0v) is 10.2. The first kappa shape index (κ1) is 13.4. The van der Waals surface area contributed by atoms with E-state index in [-0.39, 0.29) is 4.83 Å². The number of aromatic nitrogens is 1. The fourth-order valence-corrected chi connectivity index (χ4v) is 1.78. The summed E-state index contributed by atoms with van der Waals surface area (Å²) >= 11 is 3.35. The van der Waals surface area contributed by atoms with Crippen LogP contribution in [0.1, 0.15) is 11.3 Å². The van der Waals surface area contributed by atoms with Gasteiger partial charge in [-0.15, -0.1) is 0 Å². The van der Waals surface area contributed by atoms with Crippen LogP contribution in [0.2, 0.25) is 0 Å². The average molecular weight is 298 g/mol. The molecule has 0 spiro atoms. The topological polar surface area (TPSA) is 22.1 Å². The van der Waals surface area contributed by atoms with Crippen LogP contribution in [0.4, 0.5) is 13.2 Å². The van der Waals surface area contributed by atoms with Crippen LogP contribution < -0.4 is 0 Å². The van der Waals surface area contributed by atoms with E-state index < -0.39 is 11.7 Å². The van der Waals surface area contributed by atoms with Gasteiger partial charge in [-0.3, -0.25) is 4.98 Å². The second kappa shape index (κ2) is 5.63. The van der Waals surface area contributed by atoms with E-state index in [0.29, 0.717) is 18.7 Å². The molecule has 16 heavy (non-hydrogen) atoms. The summed E-state index contributed by atoms with van der Waals surface area (Å²) in [6.45, 7) is 0.489. The van der Waals surface area contributed by atoms with Gasteiger partial charge in [0, 0.05) is 30.2 Å². The number of alkyl halides is 4. The third kappa shape index (κ3) is 4.09. The Morgan fingerprint density at radius 1 is 1.44 bits per heavy atom. The van der Waals surface area contributed by atoms with Crippen molar-refractivity contribution in [2.24, 2.45) is 0 Å². The first-order valence-electron chi connectivity index (χ1n) is 4.58. The molecule has 0 aliphatic rings. The second-order valence-electron chi connectivity index (χ2n) is 3.29. The van der Waals surface area contributed by atoms with Gasteiger partial charge in [0.05, 0.1) is 12.2 Å². The van der Waals surface area contributed by atoms with E-state index in [4.69, 9.17) is 4.74 Å². The monoisotopic (exact) mass is 297 g/mol. The molecule has 0 radical (unpaired) electrons. The minimum atomic E-state index is -4.33. The molecule has 0 aliphatic heterocycles. The van der Waals surface area contributed by atoms with Gasteiger partial charge in [0.15, 0.2) is 0 Å². The molecule has 1 atom stereocenters. The SMILES string of the molecule is COCC(Br)Cc1ccc(C(F)(F)F)cn1. The second-order valence-corrected chi connectivity index (χ2v) is 4.59. The Morgan fingerprint density at radius 2 is 2.12 bits per heavy atom. The van der Waals surface area contributed by atoms with Crippen molar-refractivity contribution in [3.05, 3.63) is 29.6 Å². The summed E-state index contributed by atoms with van der Waals surface area (Å²) in [6, 6.07) is 2.42. The summed E-state index contributed by atoms with van der Waals surface area (Å²) in [4.78, 5) is 3.82. The number of ether oxygens (including phenoxy) is 1. The standard InChI is InChI=1S/C10H11BrF3NO/c1-16-6-8(11)4-9-3-2-7(5-15-9)10(12,13)14/h2-3,5,8H,4,6H2,1H3. The fourth-order valence-electron chi connectivity index (χ4n) is 1.18. The number of methoxy groups -OCH3 is 1. The van der Waals surface area contributed by atoms with Crippen molar-refractivity contribution < 1.29 is 17.9 Å². The molecule has 2 nitrogen and oxygen atoms in total. The summed E-state index contributed by atoms with van der Waals surface area (Å²) in [5.41, 5.74) is -0.124. The molecule has 1 aromatic rings. The molecule has 0 saturated carbocycles. The predicted molar refractivity (Wildman–Crippen MR) is 57.5 cm³/mol. The molecule has 0 amide bonds. The molecule has 1 rings (SSSR count). The lowest BCUT2D eigenvalue weighted by Gasteiger charge is -2.09. The lowest BCUT2D eigenvalue weighted by atomic mass is 10.2. The molecule has 1 heterocycles. The molecule has 0 fully saturated rings. The molecular weight excluding hydrogens is 287 g/mol. The number of pyridine rings is 1. The van der Waals surface area contributed by atoms with Gasteiger partial charge in [-0.2, -0.15) is 13.2 Å². The van der Waals surface area contributed by atoms with Crippen molar-refractivity contribution >= 4 is 15.9 Å². The zero-order chi connectivity index (χ0) is 12.2. The minimum absolute atomic E-state index is 0.0572. The van der Waals surface area contributed by atoms with Crippen LogP contribution in [0.3, 0.4) is 0 Å². The Hall–Kier alpha value is -0.620. The maximum atomic E-state index is 12.2. The van der Waals surface area contributed by atoms with Crippen molar-refractivity contribution in [3.63, 3.8) is 0 Å². The number of hydrogen-bond acceptors (Lipinski definition) is 2. The Morgan fingerprint density at radius 3 is 2.56 bits per heavy atom. The summed E-state index contributed by atoms with van der Waals surface area (Å²) < 4.78 is 41.6. The highest BCUT2D eigenvalue weighted by molar-refractivity contribution is 9.09. The molecular formula is C10H11BrF3NO. The molecule has 0 bridgehead atoms. The maximum Gasteiger partial charge on any atom is 0.417 e. The van der Waals surface area contributed by atoms with Crippen molar-refractivity contribution in [2.45, 2.75) is 17.4 Å². The molecule has 0 aromatic carbocycles. The van der Waals surface area contributed by atoms with E-state index in [0.717, 1.165) is 12.3 Å². The minimum Gasteiger partial charge on any atom is -0.384 e. The van der Waals surface area contributed by atoms with Gasteiger partial charge in [-0.1, -0.05) is 15.9 Å². The molecule has 90 valence electrons. The highest BCUT2D eigenvalue weighted by Crippen LogP contribution is 2.28. The van der Waals surface area contributed by atoms with Crippen LogP contribution in [-0.4, -0.2) is 23.5 Å². The normalized spacial score (nSPS) is 13.8. The van der Waals surface area contributed by atoms with Crippen molar-refractivity contribution in [3.8, 4) is 0 Å². The summed E-state index contributed by atoms with van der Waals surface area (Å²) in [7, 11) is 1.56. The Labute approximate surface area is 100.0 Å². The van der Waals surface area contributed by atoms with Crippen LogP contribution in [-0.2, 0) is 17.3 Å². The Bertz CT molecular complexity index is 326. The Kier molecular flexibility index (Phi) is 4.73. The van der Waals surface area contributed by atoms with E-state index >= 15 is 0 Å². The van der Waals surface area contributed by atoms with Crippen molar-refractivity contribution in [1.29, 1.82) is 0 Å².